The third-order valence-electron chi connectivity index (χ3n) is 3.39. The summed E-state index contributed by atoms with van der Waals surface area (Å²) >= 11 is 3.51. The molecule has 0 bridgehead atoms. The predicted octanol–water partition coefficient (Wildman–Crippen LogP) is 4.47. The van der Waals surface area contributed by atoms with E-state index < -0.39 is 0 Å². The minimum atomic E-state index is 0.456. The van der Waals surface area contributed by atoms with Crippen molar-refractivity contribution >= 4 is 15.9 Å². The van der Waals surface area contributed by atoms with Crippen LogP contribution in [0.2, 0.25) is 0 Å². The van der Waals surface area contributed by atoms with Crippen molar-refractivity contribution in [2.45, 2.75) is 39.7 Å². The number of nitrogens with zero attached hydrogens (tertiary/aromatic N) is 1. The number of hydrogen-bond donors (Lipinski definition) is 1. The molecule has 1 rings (SSSR count). The highest BCUT2D eigenvalue weighted by molar-refractivity contribution is 9.10. The molecule has 0 aromatic heterocycles. The van der Waals surface area contributed by atoms with E-state index in [1.807, 2.05) is 0 Å². The second kappa shape index (κ2) is 9.54. The normalized spacial score (nSPS) is 13.2. The fourth-order valence-electron chi connectivity index (χ4n) is 2.46. The van der Waals surface area contributed by atoms with Crippen LogP contribution in [0.5, 0.6) is 0 Å². The van der Waals surface area contributed by atoms with E-state index in [1.54, 1.807) is 0 Å². The predicted molar refractivity (Wildman–Crippen MR) is 92.1 cm³/mol. The standard InChI is InChI=1S/C17H29BrN2/c1-5-11-19-17(10-12-20(4)13-14(2)3)15-6-8-16(18)9-7-15/h6-9,14,17,19H,5,10-13H2,1-4H3. The van der Waals surface area contributed by atoms with Crippen molar-refractivity contribution in [3.63, 3.8) is 0 Å². The van der Waals surface area contributed by atoms with Gasteiger partial charge in [0.25, 0.3) is 0 Å². The summed E-state index contributed by atoms with van der Waals surface area (Å²) in [5.74, 6) is 0.731. The summed E-state index contributed by atoms with van der Waals surface area (Å²) in [6.45, 7) is 10.2. The van der Waals surface area contributed by atoms with Crippen molar-refractivity contribution < 1.29 is 0 Å². The maximum absolute atomic E-state index is 3.67. The Morgan fingerprint density at radius 2 is 1.85 bits per heavy atom. The molecule has 0 saturated carbocycles. The van der Waals surface area contributed by atoms with Crippen LogP contribution >= 0.6 is 15.9 Å². The fourth-order valence-corrected chi connectivity index (χ4v) is 2.73. The first-order valence-electron chi connectivity index (χ1n) is 7.70. The first-order chi connectivity index (χ1) is 9.52. The molecule has 0 heterocycles. The molecule has 0 saturated heterocycles. The highest BCUT2D eigenvalue weighted by atomic mass is 79.9. The van der Waals surface area contributed by atoms with Gasteiger partial charge in [-0.1, -0.05) is 48.8 Å². The van der Waals surface area contributed by atoms with Crippen molar-refractivity contribution in [2.24, 2.45) is 5.92 Å². The minimum Gasteiger partial charge on any atom is -0.310 e. The fraction of sp³-hybridized carbons (Fsp3) is 0.647. The van der Waals surface area contributed by atoms with E-state index in [0.717, 1.165) is 29.9 Å². The van der Waals surface area contributed by atoms with E-state index in [1.165, 1.54) is 18.5 Å². The third kappa shape index (κ3) is 6.87. The zero-order valence-electron chi connectivity index (χ0n) is 13.3. The Kier molecular flexibility index (Phi) is 8.43. The van der Waals surface area contributed by atoms with E-state index in [9.17, 15) is 0 Å². The Morgan fingerprint density at radius 1 is 1.20 bits per heavy atom. The number of hydrogen-bond acceptors (Lipinski definition) is 2. The van der Waals surface area contributed by atoms with Gasteiger partial charge in [0.15, 0.2) is 0 Å². The van der Waals surface area contributed by atoms with Crippen LogP contribution in [0.3, 0.4) is 0 Å². The lowest BCUT2D eigenvalue weighted by molar-refractivity contribution is 0.276. The molecule has 1 N–H and O–H groups in total. The Labute approximate surface area is 133 Å². The number of nitrogens with one attached hydrogen (secondary N) is 1. The highest BCUT2D eigenvalue weighted by Gasteiger charge is 2.12. The molecular weight excluding hydrogens is 312 g/mol. The molecule has 0 spiro atoms. The number of halogens is 1. The molecule has 0 amide bonds. The van der Waals surface area contributed by atoms with Crippen molar-refractivity contribution in [2.75, 3.05) is 26.7 Å². The van der Waals surface area contributed by atoms with E-state index in [2.05, 4.69) is 78.2 Å². The maximum Gasteiger partial charge on any atom is 0.0332 e. The van der Waals surface area contributed by atoms with E-state index in [-0.39, 0.29) is 0 Å². The topological polar surface area (TPSA) is 15.3 Å². The molecule has 0 radical (unpaired) electrons. The quantitative estimate of drug-likeness (QED) is 0.713. The van der Waals surface area contributed by atoms with E-state index in [4.69, 9.17) is 0 Å². The van der Waals surface area contributed by atoms with Crippen molar-refractivity contribution in [3.8, 4) is 0 Å². The van der Waals surface area contributed by atoms with Gasteiger partial charge < -0.3 is 10.2 Å². The minimum absolute atomic E-state index is 0.456. The summed E-state index contributed by atoms with van der Waals surface area (Å²) in [6, 6.07) is 9.17. The molecule has 1 atom stereocenters. The van der Waals surface area contributed by atoms with Crippen molar-refractivity contribution in [3.05, 3.63) is 34.3 Å². The Bertz CT molecular complexity index is 362. The molecule has 1 aromatic rings. The Hall–Kier alpha value is -0.380. The molecule has 0 fully saturated rings. The lowest BCUT2D eigenvalue weighted by Crippen LogP contribution is -2.29. The van der Waals surface area contributed by atoms with Gasteiger partial charge in [-0.15, -0.1) is 0 Å². The van der Waals surface area contributed by atoms with Crippen LogP contribution < -0.4 is 5.32 Å². The van der Waals surface area contributed by atoms with Crippen LogP contribution in [-0.2, 0) is 0 Å². The van der Waals surface area contributed by atoms with Gasteiger partial charge in [-0.3, -0.25) is 0 Å². The summed E-state index contributed by atoms with van der Waals surface area (Å²) < 4.78 is 1.15. The highest BCUT2D eigenvalue weighted by Crippen LogP contribution is 2.20. The van der Waals surface area contributed by atoms with E-state index in [0.29, 0.717) is 6.04 Å². The molecule has 1 aromatic carbocycles. The van der Waals surface area contributed by atoms with Crippen LogP contribution in [0, 0.1) is 5.92 Å². The van der Waals surface area contributed by atoms with E-state index >= 15 is 0 Å². The molecular formula is C17H29BrN2. The first kappa shape index (κ1) is 17.7. The third-order valence-corrected chi connectivity index (χ3v) is 3.92. The molecule has 0 aliphatic rings. The van der Waals surface area contributed by atoms with Crippen LogP contribution in [0.1, 0.15) is 45.2 Å². The van der Waals surface area contributed by atoms with Gasteiger partial charge in [0, 0.05) is 17.1 Å². The summed E-state index contributed by atoms with van der Waals surface area (Å²) in [7, 11) is 2.22. The molecule has 20 heavy (non-hydrogen) atoms. The average molecular weight is 341 g/mol. The Morgan fingerprint density at radius 3 is 2.40 bits per heavy atom. The van der Waals surface area contributed by atoms with Gasteiger partial charge in [0.1, 0.15) is 0 Å². The van der Waals surface area contributed by atoms with Crippen LogP contribution in [-0.4, -0.2) is 31.6 Å². The van der Waals surface area contributed by atoms with Gasteiger partial charge >= 0.3 is 0 Å². The second-order valence-corrected chi connectivity index (χ2v) is 6.92. The summed E-state index contributed by atoms with van der Waals surface area (Å²) in [5.41, 5.74) is 1.39. The molecule has 0 aliphatic carbocycles. The van der Waals surface area contributed by atoms with Crippen LogP contribution in [0.25, 0.3) is 0 Å². The van der Waals surface area contributed by atoms with Crippen LogP contribution in [0.15, 0.2) is 28.7 Å². The van der Waals surface area contributed by atoms with Gasteiger partial charge in [-0.2, -0.15) is 0 Å². The van der Waals surface area contributed by atoms with Crippen molar-refractivity contribution in [1.29, 1.82) is 0 Å². The summed E-state index contributed by atoms with van der Waals surface area (Å²) in [5, 5.41) is 3.67. The largest absolute Gasteiger partial charge is 0.310 e. The van der Waals surface area contributed by atoms with Crippen LogP contribution in [0.4, 0.5) is 0 Å². The zero-order valence-corrected chi connectivity index (χ0v) is 14.9. The summed E-state index contributed by atoms with van der Waals surface area (Å²) in [4.78, 5) is 2.43. The smallest absolute Gasteiger partial charge is 0.0332 e. The molecule has 0 aliphatic heterocycles. The van der Waals surface area contributed by atoms with Crippen molar-refractivity contribution in [1.82, 2.24) is 10.2 Å². The lowest BCUT2D eigenvalue weighted by atomic mass is 10.0. The monoisotopic (exact) mass is 340 g/mol. The first-order valence-corrected chi connectivity index (χ1v) is 8.49. The molecule has 114 valence electrons. The van der Waals surface area contributed by atoms with Gasteiger partial charge in [-0.05, 0) is 56.6 Å². The summed E-state index contributed by atoms with van der Waals surface area (Å²) in [6.07, 6.45) is 2.33. The van der Waals surface area contributed by atoms with Gasteiger partial charge in [-0.25, -0.2) is 0 Å². The second-order valence-electron chi connectivity index (χ2n) is 6.00. The molecule has 1 unspecified atom stereocenters. The number of rotatable bonds is 9. The molecule has 3 heteroatoms. The van der Waals surface area contributed by atoms with Gasteiger partial charge in [0.2, 0.25) is 0 Å². The Balaban J connectivity index is 2.57. The lowest BCUT2D eigenvalue weighted by Gasteiger charge is -2.24. The average Bonchev–Trinajstić information content (AvgIpc) is 2.39. The number of benzene rings is 1. The zero-order chi connectivity index (χ0) is 15.0. The SMILES string of the molecule is CCCNC(CCN(C)CC(C)C)c1ccc(Br)cc1. The van der Waals surface area contributed by atoms with Gasteiger partial charge in [0.05, 0.1) is 0 Å². The maximum atomic E-state index is 3.67. The molecule has 2 nitrogen and oxygen atoms in total.